The highest BCUT2D eigenvalue weighted by Gasteiger charge is 2.32. The Morgan fingerprint density at radius 1 is 0.889 bits per heavy atom. The van der Waals surface area contributed by atoms with Crippen LogP contribution in [0.4, 0.5) is 0 Å². The fraction of sp³-hybridized carbons (Fsp3) is 0.250. The Bertz CT molecular complexity index is 439. The van der Waals surface area contributed by atoms with Gasteiger partial charge in [-0.1, -0.05) is 77.6 Å². The first-order valence-corrected chi connectivity index (χ1v) is 9.13. The molecule has 0 bridgehead atoms. The third kappa shape index (κ3) is 2.71. The molecule has 1 unspecified atom stereocenters. The Labute approximate surface area is 110 Å². The van der Waals surface area contributed by atoms with Gasteiger partial charge >= 0.3 is 0 Å². The number of hydrogen-bond donors (Lipinski definition) is 1. The van der Waals surface area contributed by atoms with Crippen LogP contribution >= 0.6 is 0 Å². The molecule has 0 heterocycles. The lowest BCUT2D eigenvalue weighted by atomic mass is 10.4. The summed E-state index contributed by atoms with van der Waals surface area (Å²) in [6.07, 6.45) is -0.262. The topological polar surface area (TPSA) is 20.2 Å². The molecule has 0 aliphatic carbocycles. The maximum absolute atomic E-state index is 9.85. The number of hydrogen-bond acceptors (Lipinski definition) is 1. The summed E-state index contributed by atoms with van der Waals surface area (Å²) in [6, 6.07) is 22.1. The summed E-state index contributed by atoms with van der Waals surface area (Å²) < 4.78 is 0. The molecule has 0 aliphatic heterocycles. The van der Waals surface area contributed by atoms with E-state index in [1.54, 1.807) is 0 Å². The van der Waals surface area contributed by atoms with Crippen LogP contribution in [0.15, 0.2) is 60.7 Å². The van der Waals surface area contributed by atoms with E-state index >= 15 is 0 Å². The van der Waals surface area contributed by atoms with Crippen LogP contribution in [-0.2, 0) is 0 Å². The second-order valence-electron chi connectivity index (χ2n) is 5.12. The van der Waals surface area contributed by atoms with Crippen LogP contribution in [0.2, 0.25) is 12.6 Å². The number of aliphatic hydroxyl groups is 1. The summed E-state index contributed by atoms with van der Waals surface area (Å²) in [5.41, 5.74) is 0. The standard InChI is InChI=1S/C16H20OSi/c1-14(17)13-18(2,15-9-5-3-6-10-15)16-11-7-4-8-12-16/h3-12,14,17H,13H2,1-2H3. The summed E-state index contributed by atoms with van der Waals surface area (Å²) in [4.78, 5) is 0. The second kappa shape index (κ2) is 5.51. The molecule has 2 aromatic rings. The van der Waals surface area contributed by atoms with Gasteiger partial charge in [-0.3, -0.25) is 0 Å². The predicted octanol–water partition coefficient (Wildman–Crippen LogP) is 2.26. The largest absolute Gasteiger partial charge is 0.394 e. The average molecular weight is 256 g/mol. The van der Waals surface area contributed by atoms with Gasteiger partial charge in [-0.15, -0.1) is 0 Å². The van der Waals surface area contributed by atoms with Crippen molar-refractivity contribution in [1.29, 1.82) is 0 Å². The van der Waals surface area contributed by atoms with Gasteiger partial charge in [0.1, 0.15) is 8.07 Å². The molecule has 0 amide bonds. The molecule has 0 aromatic heterocycles. The highest BCUT2D eigenvalue weighted by atomic mass is 28.3. The van der Waals surface area contributed by atoms with E-state index in [1.807, 2.05) is 19.1 Å². The van der Waals surface area contributed by atoms with Crippen molar-refractivity contribution in [3.8, 4) is 0 Å². The lowest BCUT2D eigenvalue weighted by Gasteiger charge is -2.30. The highest BCUT2D eigenvalue weighted by molar-refractivity contribution is 7.01. The Morgan fingerprint density at radius 2 is 1.28 bits per heavy atom. The number of benzene rings is 2. The average Bonchev–Trinajstić information content (AvgIpc) is 2.40. The maximum Gasteiger partial charge on any atom is 0.117 e. The van der Waals surface area contributed by atoms with Crippen LogP contribution in [-0.4, -0.2) is 19.3 Å². The third-order valence-corrected chi connectivity index (χ3v) is 8.15. The van der Waals surface area contributed by atoms with Crippen LogP contribution in [0.3, 0.4) is 0 Å². The van der Waals surface area contributed by atoms with Gasteiger partial charge in [0, 0.05) is 6.10 Å². The Balaban J connectivity index is 2.48. The lowest BCUT2D eigenvalue weighted by molar-refractivity contribution is 0.214. The fourth-order valence-electron chi connectivity index (χ4n) is 2.61. The van der Waals surface area contributed by atoms with Crippen molar-refractivity contribution in [2.24, 2.45) is 0 Å². The van der Waals surface area contributed by atoms with Crippen LogP contribution in [0.25, 0.3) is 0 Å². The summed E-state index contributed by atoms with van der Waals surface area (Å²) in [6.45, 7) is 4.22. The van der Waals surface area contributed by atoms with Gasteiger partial charge in [0.05, 0.1) is 0 Å². The van der Waals surface area contributed by atoms with E-state index in [0.717, 1.165) is 6.04 Å². The van der Waals surface area contributed by atoms with E-state index in [2.05, 4.69) is 55.1 Å². The molecule has 0 saturated heterocycles. The Hall–Kier alpha value is -1.38. The zero-order valence-corrected chi connectivity index (χ0v) is 12.0. The summed E-state index contributed by atoms with van der Waals surface area (Å²) in [7, 11) is -1.81. The third-order valence-electron chi connectivity index (χ3n) is 3.53. The summed E-state index contributed by atoms with van der Waals surface area (Å²) >= 11 is 0. The minimum Gasteiger partial charge on any atom is -0.394 e. The van der Waals surface area contributed by atoms with Crippen molar-refractivity contribution >= 4 is 18.4 Å². The molecule has 0 aliphatic rings. The molecule has 0 saturated carbocycles. The van der Waals surface area contributed by atoms with Crippen molar-refractivity contribution in [1.82, 2.24) is 0 Å². The van der Waals surface area contributed by atoms with Crippen molar-refractivity contribution in [3.05, 3.63) is 60.7 Å². The molecule has 94 valence electrons. The normalized spacial score (nSPS) is 13.3. The van der Waals surface area contributed by atoms with E-state index in [0.29, 0.717) is 0 Å². The predicted molar refractivity (Wildman–Crippen MR) is 80.3 cm³/mol. The quantitative estimate of drug-likeness (QED) is 0.832. The minimum absolute atomic E-state index is 0.262. The van der Waals surface area contributed by atoms with Crippen molar-refractivity contribution < 1.29 is 5.11 Å². The Morgan fingerprint density at radius 3 is 1.61 bits per heavy atom. The van der Waals surface area contributed by atoms with Crippen LogP contribution in [0.1, 0.15) is 6.92 Å². The van der Waals surface area contributed by atoms with Crippen molar-refractivity contribution in [2.45, 2.75) is 25.6 Å². The van der Waals surface area contributed by atoms with Gasteiger partial charge < -0.3 is 5.11 Å². The zero-order valence-electron chi connectivity index (χ0n) is 11.0. The first-order valence-electron chi connectivity index (χ1n) is 6.42. The molecule has 18 heavy (non-hydrogen) atoms. The van der Waals surface area contributed by atoms with E-state index in [4.69, 9.17) is 0 Å². The van der Waals surface area contributed by atoms with E-state index in [-0.39, 0.29) is 6.10 Å². The zero-order chi connectivity index (χ0) is 13.0. The molecular weight excluding hydrogens is 236 g/mol. The van der Waals surface area contributed by atoms with Crippen LogP contribution in [0, 0.1) is 0 Å². The van der Waals surface area contributed by atoms with Crippen molar-refractivity contribution in [2.75, 3.05) is 0 Å². The van der Waals surface area contributed by atoms with Gasteiger partial charge in [0.25, 0.3) is 0 Å². The SMILES string of the molecule is CC(O)C[Si](C)(c1ccccc1)c1ccccc1. The molecule has 2 aromatic carbocycles. The van der Waals surface area contributed by atoms with E-state index in [1.165, 1.54) is 10.4 Å². The van der Waals surface area contributed by atoms with Gasteiger partial charge in [-0.2, -0.15) is 0 Å². The minimum atomic E-state index is -1.81. The van der Waals surface area contributed by atoms with E-state index < -0.39 is 8.07 Å². The molecule has 1 N–H and O–H groups in total. The van der Waals surface area contributed by atoms with Gasteiger partial charge in [0.2, 0.25) is 0 Å². The maximum atomic E-state index is 9.85. The molecular formula is C16H20OSi. The highest BCUT2D eigenvalue weighted by Crippen LogP contribution is 2.13. The van der Waals surface area contributed by atoms with Crippen LogP contribution in [0.5, 0.6) is 0 Å². The first kappa shape index (κ1) is 13.1. The van der Waals surface area contributed by atoms with Gasteiger partial charge in [-0.25, -0.2) is 0 Å². The lowest BCUT2D eigenvalue weighted by Crippen LogP contribution is -2.56. The fourth-order valence-corrected chi connectivity index (χ4v) is 6.45. The first-order chi connectivity index (χ1) is 8.63. The van der Waals surface area contributed by atoms with Gasteiger partial charge in [-0.05, 0) is 13.0 Å². The molecule has 1 nitrogen and oxygen atoms in total. The van der Waals surface area contributed by atoms with Gasteiger partial charge in [0.15, 0.2) is 0 Å². The molecule has 2 rings (SSSR count). The molecule has 0 radical (unpaired) electrons. The molecule has 2 heteroatoms. The molecule has 0 spiro atoms. The summed E-state index contributed by atoms with van der Waals surface area (Å²) in [5, 5.41) is 12.6. The Kier molecular flexibility index (Phi) is 3.99. The van der Waals surface area contributed by atoms with Crippen LogP contribution < -0.4 is 10.4 Å². The van der Waals surface area contributed by atoms with E-state index in [9.17, 15) is 5.11 Å². The monoisotopic (exact) mass is 256 g/mol. The number of aliphatic hydroxyl groups excluding tert-OH is 1. The number of rotatable bonds is 4. The molecule has 0 fully saturated rings. The van der Waals surface area contributed by atoms with Crippen molar-refractivity contribution in [3.63, 3.8) is 0 Å². The second-order valence-corrected chi connectivity index (χ2v) is 9.34. The smallest absolute Gasteiger partial charge is 0.117 e. The molecule has 1 atom stereocenters. The summed E-state index contributed by atoms with van der Waals surface area (Å²) in [5.74, 6) is 0.